The van der Waals surface area contributed by atoms with Crippen LogP contribution in [-0.2, 0) is 0 Å². The molecule has 0 aliphatic carbocycles. The van der Waals surface area contributed by atoms with Crippen molar-refractivity contribution in [3.05, 3.63) is 50.9 Å². The van der Waals surface area contributed by atoms with Crippen LogP contribution in [0.25, 0.3) is 11.3 Å². The summed E-state index contributed by atoms with van der Waals surface area (Å²) in [4.78, 5) is 4.53. The average molecular weight is 510 g/mol. The first-order valence-electron chi connectivity index (χ1n) is 7.94. The average Bonchev–Trinajstić information content (AvgIpc) is 2.84. The number of rotatable bonds is 3. The fourth-order valence-corrected chi connectivity index (χ4v) is 3.86. The Bertz CT molecular complexity index is 1020. The molecule has 0 saturated heterocycles. The van der Waals surface area contributed by atoms with Gasteiger partial charge in [-0.05, 0) is 42.7 Å². The molecule has 2 heterocycles. The van der Waals surface area contributed by atoms with Gasteiger partial charge in [0.15, 0.2) is 11.9 Å². The van der Waals surface area contributed by atoms with Gasteiger partial charge in [-0.2, -0.15) is 4.98 Å². The van der Waals surface area contributed by atoms with Gasteiger partial charge in [0.1, 0.15) is 5.75 Å². The zero-order valence-electron chi connectivity index (χ0n) is 14.4. The summed E-state index contributed by atoms with van der Waals surface area (Å²) in [6.45, 7) is 0. The second-order valence-electron chi connectivity index (χ2n) is 5.67. The molecule has 4 rings (SSSR count). The largest absolute Gasteiger partial charge is 0.497 e. The summed E-state index contributed by atoms with van der Waals surface area (Å²) in [5.41, 5.74) is 3.23. The maximum absolute atomic E-state index is 6.25. The first-order chi connectivity index (χ1) is 13.1. The summed E-state index contributed by atoms with van der Waals surface area (Å²) in [6.07, 6.45) is 1.42. The third kappa shape index (κ3) is 3.63. The number of nitrogens with zero attached hydrogens (tertiary/aromatic N) is 3. The van der Waals surface area contributed by atoms with Crippen LogP contribution in [0.4, 0.5) is 5.69 Å². The lowest BCUT2D eigenvalue weighted by molar-refractivity contribution is 0.224. The van der Waals surface area contributed by atoms with Gasteiger partial charge in [0, 0.05) is 25.8 Å². The van der Waals surface area contributed by atoms with Crippen molar-refractivity contribution in [2.45, 2.75) is 11.4 Å². The standard InChI is InChI=1S/C18H14Br2N4O2S/c1-25-10-4-5-13(20)11(8-10)16-21-14-6-3-9(19)7-12(14)15-17(26-16)22-18(27-2)24-23-15/h3-8,16,21H,1-2H3/t16-/m1/s1. The van der Waals surface area contributed by atoms with Crippen LogP contribution in [0, 0.1) is 0 Å². The zero-order chi connectivity index (χ0) is 19.0. The minimum absolute atomic E-state index is 0.429. The maximum Gasteiger partial charge on any atom is 0.247 e. The van der Waals surface area contributed by atoms with E-state index in [0.29, 0.717) is 16.7 Å². The van der Waals surface area contributed by atoms with Crippen LogP contribution >= 0.6 is 43.6 Å². The second kappa shape index (κ2) is 7.65. The minimum atomic E-state index is -0.484. The molecule has 9 heteroatoms. The van der Waals surface area contributed by atoms with E-state index >= 15 is 0 Å². The lowest BCUT2D eigenvalue weighted by atomic mass is 10.1. The number of thioether (sulfide) groups is 1. The fourth-order valence-electron chi connectivity index (χ4n) is 2.75. The SMILES string of the molecule is COc1ccc(Br)c([C@@H]2Nc3ccc(Br)cc3-c3nnc(SC)nc3O2)c1. The number of hydrogen-bond acceptors (Lipinski definition) is 7. The Morgan fingerprint density at radius 2 is 2.00 bits per heavy atom. The monoisotopic (exact) mass is 508 g/mol. The van der Waals surface area contributed by atoms with Crippen molar-refractivity contribution >= 4 is 49.3 Å². The van der Waals surface area contributed by atoms with Crippen LogP contribution in [0.2, 0.25) is 0 Å². The number of benzene rings is 2. The van der Waals surface area contributed by atoms with Crippen molar-refractivity contribution in [1.29, 1.82) is 0 Å². The Hall–Kier alpha value is -1.84. The third-order valence-corrected chi connectivity index (χ3v) is 5.81. The van der Waals surface area contributed by atoms with Crippen molar-refractivity contribution in [3.63, 3.8) is 0 Å². The summed E-state index contributed by atoms with van der Waals surface area (Å²) < 4.78 is 13.5. The summed E-state index contributed by atoms with van der Waals surface area (Å²) in [5.74, 6) is 1.17. The molecule has 1 aliphatic rings. The minimum Gasteiger partial charge on any atom is -0.497 e. The molecule has 1 aliphatic heterocycles. The van der Waals surface area contributed by atoms with Gasteiger partial charge in [-0.1, -0.05) is 43.6 Å². The molecule has 2 aromatic carbocycles. The smallest absolute Gasteiger partial charge is 0.247 e. The van der Waals surface area contributed by atoms with Gasteiger partial charge in [-0.3, -0.25) is 0 Å². The number of aromatic nitrogens is 3. The predicted molar refractivity (Wildman–Crippen MR) is 112 cm³/mol. The lowest BCUT2D eigenvalue weighted by Crippen LogP contribution is -2.17. The highest BCUT2D eigenvalue weighted by molar-refractivity contribution is 9.10. The van der Waals surface area contributed by atoms with Gasteiger partial charge in [0.05, 0.1) is 7.11 Å². The van der Waals surface area contributed by atoms with Crippen LogP contribution in [-0.4, -0.2) is 28.5 Å². The van der Waals surface area contributed by atoms with Crippen LogP contribution in [0.5, 0.6) is 11.6 Å². The molecular weight excluding hydrogens is 496 g/mol. The van der Waals surface area contributed by atoms with Crippen LogP contribution in [0.3, 0.4) is 0 Å². The van der Waals surface area contributed by atoms with Gasteiger partial charge < -0.3 is 14.8 Å². The predicted octanol–water partition coefficient (Wildman–Crippen LogP) is 5.30. The Morgan fingerprint density at radius 3 is 2.78 bits per heavy atom. The molecule has 0 saturated carbocycles. The highest BCUT2D eigenvalue weighted by Gasteiger charge is 2.27. The highest BCUT2D eigenvalue weighted by Crippen LogP contribution is 2.42. The van der Waals surface area contributed by atoms with Crippen LogP contribution in [0.1, 0.15) is 11.8 Å². The number of ether oxygens (including phenoxy) is 2. The topological polar surface area (TPSA) is 69.2 Å². The Labute approximate surface area is 177 Å². The van der Waals surface area contributed by atoms with E-state index in [1.54, 1.807) is 7.11 Å². The molecule has 27 heavy (non-hydrogen) atoms. The van der Waals surface area contributed by atoms with E-state index in [2.05, 4.69) is 52.4 Å². The normalized spacial score (nSPS) is 15.0. The molecular formula is C18H14Br2N4O2S. The number of hydrogen-bond donors (Lipinski definition) is 1. The van der Waals surface area contributed by atoms with Gasteiger partial charge in [0.25, 0.3) is 0 Å². The van der Waals surface area contributed by atoms with E-state index in [9.17, 15) is 0 Å². The fraction of sp³-hybridized carbons (Fsp3) is 0.167. The number of anilines is 1. The van der Waals surface area contributed by atoms with Crippen LogP contribution < -0.4 is 14.8 Å². The van der Waals surface area contributed by atoms with E-state index in [-0.39, 0.29) is 0 Å². The third-order valence-electron chi connectivity index (χ3n) is 4.06. The highest BCUT2D eigenvalue weighted by atomic mass is 79.9. The Morgan fingerprint density at radius 1 is 1.15 bits per heavy atom. The molecule has 6 nitrogen and oxygen atoms in total. The van der Waals surface area contributed by atoms with E-state index in [0.717, 1.165) is 31.5 Å². The Balaban J connectivity index is 1.89. The molecule has 1 aromatic heterocycles. The van der Waals surface area contributed by atoms with Crippen molar-refractivity contribution in [1.82, 2.24) is 15.2 Å². The number of fused-ring (bicyclic) bond motifs is 3. The molecule has 0 radical (unpaired) electrons. The van der Waals surface area contributed by atoms with Gasteiger partial charge in [-0.15, -0.1) is 10.2 Å². The summed E-state index contributed by atoms with van der Waals surface area (Å²) >= 11 is 8.54. The summed E-state index contributed by atoms with van der Waals surface area (Å²) in [5, 5.41) is 12.5. The molecule has 1 atom stereocenters. The van der Waals surface area contributed by atoms with Crippen molar-refractivity contribution < 1.29 is 9.47 Å². The van der Waals surface area contributed by atoms with Gasteiger partial charge >= 0.3 is 0 Å². The van der Waals surface area contributed by atoms with E-state index in [1.807, 2.05) is 42.7 Å². The summed E-state index contributed by atoms with van der Waals surface area (Å²) in [7, 11) is 1.64. The molecule has 138 valence electrons. The maximum atomic E-state index is 6.25. The van der Waals surface area contributed by atoms with Gasteiger partial charge in [0.2, 0.25) is 11.0 Å². The van der Waals surface area contributed by atoms with Crippen LogP contribution in [0.15, 0.2) is 50.5 Å². The van der Waals surface area contributed by atoms with E-state index < -0.39 is 6.23 Å². The lowest BCUT2D eigenvalue weighted by Gasteiger charge is -2.21. The first kappa shape index (κ1) is 18.5. The number of methoxy groups -OCH3 is 1. The van der Waals surface area contributed by atoms with Crippen molar-refractivity contribution in [3.8, 4) is 22.9 Å². The molecule has 1 N–H and O–H groups in total. The van der Waals surface area contributed by atoms with E-state index in [4.69, 9.17) is 9.47 Å². The number of halogens is 2. The van der Waals surface area contributed by atoms with Crippen molar-refractivity contribution in [2.75, 3.05) is 18.7 Å². The molecule has 0 amide bonds. The molecule has 0 fully saturated rings. The molecule has 0 bridgehead atoms. The zero-order valence-corrected chi connectivity index (χ0v) is 18.4. The Kier molecular flexibility index (Phi) is 5.25. The van der Waals surface area contributed by atoms with E-state index in [1.165, 1.54) is 11.8 Å². The second-order valence-corrected chi connectivity index (χ2v) is 8.22. The summed E-state index contributed by atoms with van der Waals surface area (Å²) in [6, 6.07) is 11.7. The molecule has 0 spiro atoms. The van der Waals surface area contributed by atoms with Crippen molar-refractivity contribution in [2.24, 2.45) is 0 Å². The first-order valence-corrected chi connectivity index (χ1v) is 10.8. The quantitative estimate of drug-likeness (QED) is 0.480. The van der Waals surface area contributed by atoms with Gasteiger partial charge in [-0.25, -0.2) is 0 Å². The number of nitrogens with one attached hydrogen (secondary N) is 1. The molecule has 0 unspecified atom stereocenters. The molecule has 3 aromatic rings.